The number of nitrogens with zero attached hydrogens (tertiary/aromatic N) is 3. The number of thioether (sulfide) groups is 1. The highest BCUT2D eigenvalue weighted by Crippen LogP contribution is 2.27. The monoisotopic (exact) mass is 430 g/mol. The largest absolute Gasteiger partial charge is 0.462 e. The van der Waals surface area contributed by atoms with Crippen LogP contribution in [0.5, 0.6) is 0 Å². The lowest BCUT2D eigenvalue weighted by molar-refractivity contribution is -0.113. The van der Waals surface area contributed by atoms with Gasteiger partial charge in [0, 0.05) is 28.6 Å². The number of carbonyl (C=O) groups excluding carboxylic acids is 2. The number of esters is 1. The zero-order valence-electron chi connectivity index (χ0n) is 16.5. The minimum absolute atomic E-state index is 0.160. The molecule has 0 spiro atoms. The molecule has 7 nitrogen and oxygen atoms in total. The highest BCUT2D eigenvalue weighted by Gasteiger charge is 2.14. The maximum Gasteiger partial charge on any atom is 0.338 e. The molecule has 3 rings (SSSR count). The van der Waals surface area contributed by atoms with E-state index in [9.17, 15) is 9.59 Å². The number of thiophene rings is 1. The van der Waals surface area contributed by atoms with Crippen molar-refractivity contribution < 1.29 is 14.3 Å². The van der Waals surface area contributed by atoms with Gasteiger partial charge in [-0.25, -0.2) is 4.79 Å². The van der Waals surface area contributed by atoms with Gasteiger partial charge in [0.15, 0.2) is 11.0 Å². The molecular weight excluding hydrogens is 408 g/mol. The molecule has 9 heteroatoms. The summed E-state index contributed by atoms with van der Waals surface area (Å²) < 4.78 is 6.84. The van der Waals surface area contributed by atoms with Crippen molar-refractivity contribution in [2.24, 2.45) is 7.05 Å². The van der Waals surface area contributed by atoms with E-state index in [1.807, 2.05) is 11.6 Å². The smallest absolute Gasteiger partial charge is 0.338 e. The number of amides is 1. The predicted octanol–water partition coefficient (Wildman–Crippen LogP) is 4.01. The first-order chi connectivity index (χ1) is 14.0. The summed E-state index contributed by atoms with van der Waals surface area (Å²) in [5, 5.41) is 14.0. The first-order valence-corrected chi connectivity index (χ1v) is 11.0. The molecule has 1 N–H and O–H groups in total. The highest BCUT2D eigenvalue weighted by molar-refractivity contribution is 7.99. The molecule has 2 heterocycles. The van der Waals surface area contributed by atoms with Crippen LogP contribution < -0.4 is 5.32 Å². The molecule has 1 aromatic carbocycles. The van der Waals surface area contributed by atoms with Crippen LogP contribution in [0.25, 0.3) is 11.4 Å². The zero-order chi connectivity index (χ0) is 20.8. The Balaban J connectivity index is 1.56. The number of hydrogen-bond donors (Lipinski definition) is 1. The van der Waals surface area contributed by atoms with E-state index in [-0.39, 0.29) is 17.6 Å². The van der Waals surface area contributed by atoms with Gasteiger partial charge in [-0.3, -0.25) is 4.79 Å². The van der Waals surface area contributed by atoms with E-state index in [1.165, 1.54) is 16.6 Å². The van der Waals surface area contributed by atoms with Crippen LogP contribution >= 0.6 is 23.1 Å². The van der Waals surface area contributed by atoms with Gasteiger partial charge in [0.1, 0.15) is 0 Å². The van der Waals surface area contributed by atoms with Crippen LogP contribution in [0.1, 0.15) is 29.1 Å². The summed E-state index contributed by atoms with van der Waals surface area (Å²) >= 11 is 3.03. The summed E-state index contributed by atoms with van der Waals surface area (Å²) in [6, 6.07) is 8.73. The number of rotatable bonds is 8. The fourth-order valence-electron chi connectivity index (χ4n) is 2.61. The van der Waals surface area contributed by atoms with Crippen molar-refractivity contribution >= 4 is 40.7 Å². The maximum atomic E-state index is 12.3. The highest BCUT2D eigenvalue weighted by atomic mass is 32.2. The Kier molecular flexibility index (Phi) is 7.05. The lowest BCUT2D eigenvalue weighted by Gasteiger charge is -2.06. The van der Waals surface area contributed by atoms with Gasteiger partial charge in [-0.2, -0.15) is 0 Å². The fourth-order valence-corrected chi connectivity index (χ4v) is 4.13. The molecule has 3 aromatic rings. The summed E-state index contributed by atoms with van der Waals surface area (Å²) in [6.45, 7) is 4.20. The van der Waals surface area contributed by atoms with Gasteiger partial charge in [0.25, 0.3) is 0 Å². The minimum Gasteiger partial charge on any atom is -0.462 e. The van der Waals surface area contributed by atoms with E-state index < -0.39 is 0 Å². The van der Waals surface area contributed by atoms with Gasteiger partial charge >= 0.3 is 5.97 Å². The Labute approximate surface area is 177 Å². The fraction of sp³-hybridized carbons (Fsp3) is 0.300. The van der Waals surface area contributed by atoms with E-state index in [0.717, 1.165) is 17.8 Å². The number of nitrogens with one attached hydrogen (secondary N) is 1. The van der Waals surface area contributed by atoms with Gasteiger partial charge < -0.3 is 14.6 Å². The van der Waals surface area contributed by atoms with Crippen molar-refractivity contribution in [3.05, 3.63) is 46.2 Å². The quantitative estimate of drug-likeness (QED) is 0.429. The number of benzene rings is 1. The normalized spacial score (nSPS) is 10.7. The van der Waals surface area contributed by atoms with Crippen molar-refractivity contribution in [1.29, 1.82) is 0 Å². The zero-order valence-corrected chi connectivity index (χ0v) is 18.1. The maximum absolute atomic E-state index is 12.3. The lowest BCUT2D eigenvalue weighted by Crippen LogP contribution is -2.14. The molecule has 152 valence electrons. The van der Waals surface area contributed by atoms with Crippen molar-refractivity contribution in [3.8, 4) is 11.4 Å². The molecule has 0 radical (unpaired) electrons. The summed E-state index contributed by atoms with van der Waals surface area (Å²) in [7, 11) is 1.90. The van der Waals surface area contributed by atoms with Gasteiger partial charge in [0.2, 0.25) is 5.91 Å². The first-order valence-electron chi connectivity index (χ1n) is 9.18. The second-order valence-corrected chi connectivity index (χ2v) is 8.09. The minimum atomic E-state index is -0.379. The molecule has 0 fully saturated rings. The molecule has 1 amide bonds. The number of ether oxygens (including phenoxy) is 1. The molecule has 0 aliphatic rings. The van der Waals surface area contributed by atoms with Crippen LogP contribution in [0.4, 0.5) is 5.69 Å². The molecule has 0 saturated carbocycles. The summed E-state index contributed by atoms with van der Waals surface area (Å²) in [5.41, 5.74) is 2.11. The summed E-state index contributed by atoms with van der Waals surface area (Å²) in [4.78, 5) is 25.2. The second kappa shape index (κ2) is 9.71. The average molecular weight is 431 g/mol. The Morgan fingerprint density at radius 3 is 2.62 bits per heavy atom. The number of hydrogen-bond acceptors (Lipinski definition) is 7. The van der Waals surface area contributed by atoms with E-state index in [4.69, 9.17) is 4.74 Å². The van der Waals surface area contributed by atoms with E-state index in [2.05, 4.69) is 33.9 Å². The summed E-state index contributed by atoms with van der Waals surface area (Å²) in [6.07, 6.45) is 0.991. The third-order valence-corrected chi connectivity index (χ3v) is 6.21. The molecule has 2 aromatic heterocycles. The molecule has 0 aliphatic carbocycles. The topological polar surface area (TPSA) is 86.1 Å². The van der Waals surface area contributed by atoms with E-state index in [1.54, 1.807) is 42.5 Å². The third-order valence-electron chi connectivity index (χ3n) is 4.11. The Morgan fingerprint density at radius 1 is 1.21 bits per heavy atom. The van der Waals surface area contributed by atoms with E-state index >= 15 is 0 Å². The van der Waals surface area contributed by atoms with Crippen LogP contribution in [0.15, 0.2) is 40.9 Å². The van der Waals surface area contributed by atoms with Crippen LogP contribution in [0.2, 0.25) is 0 Å². The van der Waals surface area contributed by atoms with Crippen LogP contribution in [0, 0.1) is 0 Å². The Bertz CT molecular complexity index is 996. The van der Waals surface area contributed by atoms with Gasteiger partial charge in [-0.05, 0) is 43.7 Å². The number of carbonyl (C=O) groups is 2. The second-order valence-electron chi connectivity index (χ2n) is 6.16. The number of aryl methyl sites for hydroxylation is 1. The molecular formula is C20H22N4O3S2. The van der Waals surface area contributed by atoms with Crippen molar-refractivity contribution in [3.63, 3.8) is 0 Å². The van der Waals surface area contributed by atoms with Gasteiger partial charge in [-0.15, -0.1) is 21.5 Å². The first kappa shape index (κ1) is 21.1. The number of anilines is 1. The SMILES string of the molecule is CCOC(=O)c1ccc(NC(=O)CSc2nnc(-c3csc(CC)c3)n2C)cc1. The molecule has 29 heavy (non-hydrogen) atoms. The Hall–Kier alpha value is -2.65. The molecule has 0 atom stereocenters. The standard InChI is InChI=1S/C20H22N4O3S2/c1-4-16-10-14(11-28-16)18-22-23-20(24(18)3)29-12-17(25)21-15-8-6-13(7-9-15)19(26)27-5-2/h6-11H,4-5,12H2,1-3H3,(H,21,25). The van der Waals surface area contributed by atoms with E-state index in [0.29, 0.717) is 23.0 Å². The van der Waals surface area contributed by atoms with Crippen molar-refractivity contribution in [2.75, 3.05) is 17.7 Å². The van der Waals surface area contributed by atoms with Crippen LogP contribution in [0.3, 0.4) is 0 Å². The van der Waals surface area contributed by atoms with Gasteiger partial charge in [-0.1, -0.05) is 18.7 Å². The molecule has 0 unspecified atom stereocenters. The van der Waals surface area contributed by atoms with Crippen LogP contribution in [-0.4, -0.2) is 39.0 Å². The van der Waals surface area contributed by atoms with Crippen LogP contribution in [-0.2, 0) is 23.0 Å². The van der Waals surface area contributed by atoms with Gasteiger partial charge in [0.05, 0.1) is 17.9 Å². The Morgan fingerprint density at radius 2 is 1.97 bits per heavy atom. The molecule has 0 saturated heterocycles. The lowest BCUT2D eigenvalue weighted by atomic mass is 10.2. The summed E-state index contributed by atoms with van der Waals surface area (Å²) in [5.74, 6) is 0.455. The molecule has 0 aliphatic heterocycles. The predicted molar refractivity (Wildman–Crippen MR) is 115 cm³/mol. The number of aromatic nitrogens is 3. The van der Waals surface area contributed by atoms with Crippen molar-refractivity contribution in [1.82, 2.24) is 14.8 Å². The average Bonchev–Trinajstić information content (AvgIpc) is 3.33. The van der Waals surface area contributed by atoms with Crippen molar-refractivity contribution in [2.45, 2.75) is 25.4 Å². The molecule has 0 bridgehead atoms. The third kappa shape index (κ3) is 5.24.